The first-order valence-corrected chi connectivity index (χ1v) is 8.15. The van der Waals surface area contributed by atoms with Crippen LogP contribution in [0.25, 0.3) is 0 Å². The van der Waals surface area contributed by atoms with Gasteiger partial charge in [-0.3, -0.25) is 9.59 Å². The van der Waals surface area contributed by atoms with Crippen molar-refractivity contribution < 1.29 is 9.53 Å². The Morgan fingerprint density at radius 1 is 1.45 bits per heavy atom. The van der Waals surface area contributed by atoms with Gasteiger partial charge in [0.1, 0.15) is 11.4 Å². The van der Waals surface area contributed by atoms with Crippen LogP contribution in [-0.4, -0.2) is 47.1 Å². The van der Waals surface area contributed by atoms with Crippen molar-refractivity contribution in [1.82, 2.24) is 14.9 Å². The van der Waals surface area contributed by atoms with Crippen LogP contribution in [0.2, 0.25) is 0 Å². The van der Waals surface area contributed by atoms with Gasteiger partial charge in [0.15, 0.2) is 0 Å². The molecular weight excluding hydrogens is 282 g/mol. The van der Waals surface area contributed by atoms with E-state index < -0.39 is 0 Å². The van der Waals surface area contributed by atoms with Crippen LogP contribution in [0.3, 0.4) is 0 Å². The molecule has 1 aliphatic carbocycles. The van der Waals surface area contributed by atoms with Crippen LogP contribution < -0.4 is 5.56 Å². The SMILES string of the molecule is CCCOC[C@@H]1CCN(C(=O)c2cnc(C3CC3)[nH]c2=O)C1. The standard InChI is InChI=1S/C16H23N3O3/c1-2-7-22-10-11-5-6-19(9-11)16(21)13-8-17-14(12-3-4-12)18-15(13)20/h8,11-12H,2-7,9-10H2,1H3,(H,17,18,20)/t11-/m1/s1. The summed E-state index contributed by atoms with van der Waals surface area (Å²) in [4.78, 5) is 33.3. The quantitative estimate of drug-likeness (QED) is 0.809. The second kappa shape index (κ2) is 6.60. The van der Waals surface area contributed by atoms with Gasteiger partial charge < -0.3 is 14.6 Å². The highest BCUT2D eigenvalue weighted by Crippen LogP contribution is 2.37. The second-order valence-corrected chi connectivity index (χ2v) is 6.27. The zero-order chi connectivity index (χ0) is 15.5. The summed E-state index contributed by atoms with van der Waals surface area (Å²) in [6.07, 6.45) is 5.52. The molecule has 6 heteroatoms. The molecule has 1 saturated carbocycles. The highest BCUT2D eigenvalue weighted by molar-refractivity contribution is 5.93. The molecule has 3 rings (SSSR count). The average Bonchev–Trinajstić information content (AvgIpc) is 3.26. The van der Waals surface area contributed by atoms with Gasteiger partial charge in [0.25, 0.3) is 11.5 Å². The summed E-state index contributed by atoms with van der Waals surface area (Å²) in [5, 5.41) is 0. The number of nitrogens with zero attached hydrogens (tertiary/aromatic N) is 2. The average molecular weight is 305 g/mol. The first-order valence-electron chi connectivity index (χ1n) is 8.15. The summed E-state index contributed by atoms with van der Waals surface area (Å²) in [5.74, 6) is 1.25. The van der Waals surface area contributed by atoms with E-state index >= 15 is 0 Å². The van der Waals surface area contributed by atoms with Crippen molar-refractivity contribution >= 4 is 5.91 Å². The van der Waals surface area contributed by atoms with Gasteiger partial charge in [-0.05, 0) is 25.7 Å². The maximum atomic E-state index is 12.5. The van der Waals surface area contributed by atoms with E-state index in [2.05, 4.69) is 16.9 Å². The molecule has 0 aromatic carbocycles. The molecule has 2 aliphatic rings. The largest absolute Gasteiger partial charge is 0.381 e. The number of carbonyl (C=O) groups excluding carboxylic acids is 1. The Hall–Kier alpha value is -1.69. The number of carbonyl (C=O) groups is 1. The number of amides is 1. The number of hydrogen-bond donors (Lipinski definition) is 1. The minimum atomic E-state index is -0.312. The van der Waals surface area contributed by atoms with Crippen LogP contribution in [0, 0.1) is 5.92 Å². The van der Waals surface area contributed by atoms with E-state index in [0.717, 1.165) is 32.3 Å². The Morgan fingerprint density at radius 3 is 2.95 bits per heavy atom. The first kappa shape index (κ1) is 15.2. The van der Waals surface area contributed by atoms with E-state index in [1.54, 1.807) is 4.90 Å². The number of likely N-dealkylation sites (tertiary alicyclic amines) is 1. The van der Waals surface area contributed by atoms with Crippen molar-refractivity contribution in [1.29, 1.82) is 0 Å². The molecule has 1 aliphatic heterocycles. The molecule has 1 saturated heterocycles. The molecule has 6 nitrogen and oxygen atoms in total. The highest BCUT2D eigenvalue weighted by atomic mass is 16.5. The van der Waals surface area contributed by atoms with Gasteiger partial charge in [0.2, 0.25) is 0 Å². The van der Waals surface area contributed by atoms with Gasteiger partial charge in [0.05, 0.1) is 6.61 Å². The van der Waals surface area contributed by atoms with E-state index in [4.69, 9.17) is 4.74 Å². The number of rotatable bonds is 6. The lowest BCUT2D eigenvalue weighted by molar-refractivity contribution is 0.0752. The Morgan fingerprint density at radius 2 is 2.27 bits per heavy atom. The van der Waals surface area contributed by atoms with E-state index in [9.17, 15) is 9.59 Å². The number of ether oxygens (including phenoxy) is 1. The summed E-state index contributed by atoms with van der Waals surface area (Å²) < 4.78 is 5.56. The molecule has 120 valence electrons. The number of H-pyrrole nitrogens is 1. The van der Waals surface area contributed by atoms with Gasteiger partial charge in [-0.1, -0.05) is 6.92 Å². The molecule has 1 aromatic rings. The Labute approximate surface area is 129 Å². The maximum Gasteiger partial charge on any atom is 0.263 e. The zero-order valence-electron chi connectivity index (χ0n) is 13.0. The Bertz CT molecular complexity index is 595. The van der Waals surface area contributed by atoms with Crippen molar-refractivity contribution in [2.45, 2.75) is 38.5 Å². The third-order valence-electron chi connectivity index (χ3n) is 4.29. The topological polar surface area (TPSA) is 75.3 Å². The van der Waals surface area contributed by atoms with Gasteiger partial charge in [-0.2, -0.15) is 0 Å². The predicted molar refractivity (Wildman–Crippen MR) is 82.0 cm³/mol. The van der Waals surface area contributed by atoms with Crippen LogP contribution >= 0.6 is 0 Å². The molecule has 1 atom stereocenters. The second-order valence-electron chi connectivity index (χ2n) is 6.27. The normalized spacial score (nSPS) is 21.3. The van der Waals surface area contributed by atoms with Crippen LogP contribution in [0.15, 0.2) is 11.0 Å². The maximum absolute atomic E-state index is 12.5. The third kappa shape index (κ3) is 3.38. The zero-order valence-corrected chi connectivity index (χ0v) is 13.0. The van der Waals surface area contributed by atoms with Crippen LogP contribution in [0.1, 0.15) is 54.7 Å². The predicted octanol–water partition coefficient (Wildman–Crippen LogP) is 1.54. The fourth-order valence-electron chi connectivity index (χ4n) is 2.84. The van der Waals surface area contributed by atoms with Crippen molar-refractivity contribution in [3.63, 3.8) is 0 Å². The molecule has 1 N–H and O–H groups in total. The van der Waals surface area contributed by atoms with E-state index in [1.807, 2.05) is 0 Å². The van der Waals surface area contributed by atoms with Crippen molar-refractivity contribution in [2.75, 3.05) is 26.3 Å². The molecule has 0 spiro atoms. The fourth-order valence-corrected chi connectivity index (χ4v) is 2.84. The lowest BCUT2D eigenvalue weighted by Crippen LogP contribution is -2.34. The minimum absolute atomic E-state index is 0.152. The molecule has 22 heavy (non-hydrogen) atoms. The summed E-state index contributed by atoms with van der Waals surface area (Å²) in [6.45, 7) is 4.87. The lowest BCUT2D eigenvalue weighted by atomic mass is 10.1. The molecule has 1 aromatic heterocycles. The van der Waals surface area contributed by atoms with Gasteiger partial charge in [-0.25, -0.2) is 4.98 Å². The van der Waals surface area contributed by atoms with Crippen LogP contribution in [0.4, 0.5) is 0 Å². The van der Waals surface area contributed by atoms with E-state index in [-0.39, 0.29) is 17.0 Å². The number of aromatic amines is 1. The first-order chi connectivity index (χ1) is 10.7. The molecule has 2 fully saturated rings. The Kier molecular flexibility index (Phi) is 4.57. The van der Waals surface area contributed by atoms with Crippen molar-refractivity contribution in [3.8, 4) is 0 Å². The summed E-state index contributed by atoms with van der Waals surface area (Å²) in [6, 6.07) is 0. The molecule has 0 radical (unpaired) electrons. The van der Waals surface area contributed by atoms with Crippen LogP contribution in [-0.2, 0) is 4.74 Å². The van der Waals surface area contributed by atoms with E-state index in [0.29, 0.717) is 37.4 Å². The van der Waals surface area contributed by atoms with Crippen molar-refractivity contribution in [3.05, 3.63) is 27.9 Å². The number of aromatic nitrogens is 2. The highest BCUT2D eigenvalue weighted by Gasteiger charge is 2.30. The molecule has 0 bridgehead atoms. The summed E-state index contributed by atoms with van der Waals surface area (Å²) in [7, 11) is 0. The smallest absolute Gasteiger partial charge is 0.263 e. The van der Waals surface area contributed by atoms with Crippen LogP contribution in [0.5, 0.6) is 0 Å². The summed E-state index contributed by atoms with van der Waals surface area (Å²) in [5.41, 5.74) is -0.160. The number of nitrogens with one attached hydrogen (secondary N) is 1. The summed E-state index contributed by atoms with van der Waals surface area (Å²) >= 11 is 0. The molecule has 1 amide bonds. The third-order valence-corrected chi connectivity index (χ3v) is 4.29. The molecular formula is C16H23N3O3. The van der Waals surface area contributed by atoms with Gasteiger partial charge in [-0.15, -0.1) is 0 Å². The van der Waals surface area contributed by atoms with Gasteiger partial charge in [0, 0.05) is 37.7 Å². The van der Waals surface area contributed by atoms with Crippen molar-refractivity contribution in [2.24, 2.45) is 5.92 Å². The van der Waals surface area contributed by atoms with E-state index in [1.165, 1.54) is 6.20 Å². The van der Waals surface area contributed by atoms with Gasteiger partial charge >= 0.3 is 0 Å². The lowest BCUT2D eigenvalue weighted by Gasteiger charge is -2.16. The monoisotopic (exact) mass is 305 g/mol. The molecule has 0 unspecified atom stereocenters. The molecule has 2 heterocycles. The minimum Gasteiger partial charge on any atom is -0.381 e. The number of hydrogen-bond acceptors (Lipinski definition) is 4. The fraction of sp³-hybridized carbons (Fsp3) is 0.688. The Balaban J connectivity index is 1.61.